The van der Waals surface area contributed by atoms with Crippen LogP contribution in [0.2, 0.25) is 0 Å². The van der Waals surface area contributed by atoms with E-state index in [4.69, 9.17) is 11.6 Å². The highest BCUT2D eigenvalue weighted by Crippen LogP contribution is 1.93. The van der Waals surface area contributed by atoms with Gasteiger partial charge in [-0.25, -0.2) is 0 Å². The number of hydrogen-bond acceptors (Lipinski definition) is 0. The molecule has 0 amide bonds. The van der Waals surface area contributed by atoms with Crippen LogP contribution in [-0.4, -0.2) is 20.1 Å². The number of allylic oxidation sites excluding steroid dienone is 2. The molecule has 6 heavy (non-hydrogen) atoms. The van der Waals surface area contributed by atoms with E-state index in [1.54, 1.807) is 0 Å². The van der Waals surface area contributed by atoms with Crippen LogP contribution in [-0.2, 0) is 0 Å². The molecule has 1 heterocycles. The molecule has 0 aromatic carbocycles. The van der Waals surface area contributed by atoms with Crippen LogP contribution in [0.1, 0.15) is 0 Å². The predicted molar refractivity (Wildman–Crippen MR) is 31.8 cm³/mol. The van der Waals surface area contributed by atoms with E-state index in [1.807, 2.05) is 11.7 Å². The summed E-state index contributed by atoms with van der Waals surface area (Å²) in [7, 11) is 0.814. The SMILES string of the molecule is ClC1=CC=[Si]=C1. The monoisotopic (exact) mass is 114 g/mol. The molecule has 0 nitrogen and oxygen atoms in total. The van der Waals surface area contributed by atoms with Crippen LogP contribution in [0.5, 0.6) is 0 Å². The Bertz CT molecular complexity index is 140. The standard InChI is InChI=1S/C4H3ClSi/c5-4-1-2-6-3-4/h1-3H. The minimum Gasteiger partial charge on any atom is -0.0842 e. The van der Waals surface area contributed by atoms with Gasteiger partial charge in [0, 0.05) is 5.03 Å². The van der Waals surface area contributed by atoms with Gasteiger partial charge in [0.15, 0.2) is 0 Å². The molecule has 0 fully saturated rings. The van der Waals surface area contributed by atoms with Crippen molar-refractivity contribution in [3.05, 3.63) is 11.1 Å². The Labute approximate surface area is 43.5 Å². The third-order valence-corrected chi connectivity index (χ3v) is 1.81. The highest BCUT2D eigenvalue weighted by molar-refractivity contribution is 6.68. The van der Waals surface area contributed by atoms with E-state index in [0.717, 1.165) is 13.8 Å². The normalized spacial score (nSPS) is 15.8. The zero-order valence-corrected chi connectivity index (χ0v) is 4.87. The molecule has 0 aromatic heterocycles. The summed E-state index contributed by atoms with van der Waals surface area (Å²) in [6, 6.07) is 0. The van der Waals surface area contributed by atoms with Crippen LogP contribution in [0.15, 0.2) is 11.1 Å². The predicted octanol–water partition coefficient (Wildman–Crippen LogP) is 0.431. The van der Waals surface area contributed by atoms with E-state index < -0.39 is 0 Å². The molecule has 0 aliphatic carbocycles. The van der Waals surface area contributed by atoms with E-state index >= 15 is 0 Å². The lowest BCUT2D eigenvalue weighted by molar-refractivity contribution is 2.29. The van der Waals surface area contributed by atoms with Gasteiger partial charge in [-0.05, 0) is 26.2 Å². The molecule has 0 aromatic rings. The van der Waals surface area contributed by atoms with Crippen LogP contribution in [0.3, 0.4) is 0 Å². The summed E-state index contributed by atoms with van der Waals surface area (Å²) in [5.74, 6) is 0. The fourth-order valence-corrected chi connectivity index (χ4v) is 1.29. The summed E-state index contributed by atoms with van der Waals surface area (Å²) in [6.07, 6.45) is 1.92. The van der Waals surface area contributed by atoms with E-state index in [9.17, 15) is 0 Å². The zero-order valence-electron chi connectivity index (χ0n) is 3.11. The Morgan fingerprint density at radius 1 is 1.67 bits per heavy atom. The maximum Gasteiger partial charge on any atom is 0.0426 e. The lowest BCUT2D eigenvalue weighted by atomic mass is 10.6. The maximum atomic E-state index is 5.49. The van der Waals surface area contributed by atoms with E-state index in [1.165, 1.54) is 0 Å². The van der Waals surface area contributed by atoms with Crippen molar-refractivity contribution >= 4 is 31.7 Å². The van der Waals surface area contributed by atoms with Gasteiger partial charge in [0.05, 0.1) is 0 Å². The van der Waals surface area contributed by atoms with E-state index in [2.05, 4.69) is 5.67 Å². The summed E-state index contributed by atoms with van der Waals surface area (Å²) in [5, 5.41) is 0.883. The van der Waals surface area contributed by atoms with E-state index in [0.29, 0.717) is 0 Å². The Kier molecular flexibility index (Phi) is 1.12. The van der Waals surface area contributed by atoms with Crippen LogP contribution in [0.25, 0.3) is 0 Å². The van der Waals surface area contributed by atoms with Crippen LogP contribution < -0.4 is 0 Å². The van der Waals surface area contributed by atoms with Gasteiger partial charge >= 0.3 is 0 Å². The summed E-state index contributed by atoms with van der Waals surface area (Å²) in [5.41, 5.74) is 4.06. The van der Waals surface area contributed by atoms with Gasteiger partial charge in [-0.1, -0.05) is 11.6 Å². The van der Waals surface area contributed by atoms with Crippen molar-refractivity contribution in [1.82, 2.24) is 0 Å². The molecule has 0 spiro atoms. The Hall–Kier alpha value is -0.0131. The summed E-state index contributed by atoms with van der Waals surface area (Å²) in [4.78, 5) is 0. The minimum absolute atomic E-state index is 0.814. The molecule has 0 radical (unpaired) electrons. The lowest BCUT2D eigenvalue weighted by Crippen LogP contribution is -1.62. The van der Waals surface area contributed by atoms with Crippen LogP contribution in [0, 0.1) is 0 Å². The molecule has 30 valence electrons. The molecule has 0 N–H and O–H groups in total. The first-order valence-electron chi connectivity index (χ1n) is 1.68. The third-order valence-electron chi connectivity index (χ3n) is 0.560. The summed E-state index contributed by atoms with van der Waals surface area (Å²) in [6.45, 7) is 0. The summed E-state index contributed by atoms with van der Waals surface area (Å²) < 4.78 is 0. The van der Waals surface area contributed by atoms with Gasteiger partial charge in [-0.15, -0.1) is 0 Å². The molecule has 0 saturated heterocycles. The molecule has 0 unspecified atom stereocenters. The topological polar surface area (TPSA) is 0 Å². The molecule has 0 saturated carbocycles. The van der Waals surface area contributed by atoms with Crippen LogP contribution in [0.4, 0.5) is 0 Å². The van der Waals surface area contributed by atoms with Gasteiger partial charge < -0.3 is 0 Å². The van der Waals surface area contributed by atoms with Gasteiger partial charge in [0.25, 0.3) is 0 Å². The fraction of sp³-hybridized carbons (Fsp3) is 0. The van der Waals surface area contributed by atoms with Crippen molar-refractivity contribution in [3.63, 3.8) is 0 Å². The second-order valence-electron chi connectivity index (χ2n) is 1.03. The summed E-state index contributed by atoms with van der Waals surface area (Å²) >= 11 is 5.49. The highest BCUT2D eigenvalue weighted by Gasteiger charge is 1.80. The van der Waals surface area contributed by atoms with Crippen molar-refractivity contribution in [2.45, 2.75) is 0 Å². The quantitative estimate of drug-likeness (QED) is 0.401. The number of rotatable bonds is 0. The average Bonchev–Trinajstić information content (AvgIpc) is 1.86. The molecule has 1 aliphatic rings. The van der Waals surface area contributed by atoms with Gasteiger partial charge in [-0.3, -0.25) is 0 Å². The largest absolute Gasteiger partial charge is 0.0842 e. The first-order chi connectivity index (χ1) is 2.89. The number of halogens is 1. The van der Waals surface area contributed by atoms with Gasteiger partial charge in [0.2, 0.25) is 0 Å². The maximum absolute atomic E-state index is 5.49. The van der Waals surface area contributed by atoms with Crippen LogP contribution >= 0.6 is 11.6 Å². The molecular formula is C4H3ClSi. The van der Waals surface area contributed by atoms with Crippen molar-refractivity contribution < 1.29 is 0 Å². The zero-order chi connectivity index (χ0) is 4.41. The number of hydrogen-bond donors (Lipinski definition) is 0. The van der Waals surface area contributed by atoms with Gasteiger partial charge in [0.1, 0.15) is 0 Å². The fourth-order valence-electron chi connectivity index (χ4n) is 0.304. The second-order valence-corrected chi connectivity index (χ2v) is 2.42. The lowest BCUT2D eigenvalue weighted by Gasteiger charge is -1.69. The van der Waals surface area contributed by atoms with E-state index in [-0.39, 0.29) is 0 Å². The first-order valence-corrected chi connectivity index (χ1v) is 3.21. The highest BCUT2D eigenvalue weighted by atomic mass is 35.5. The second kappa shape index (κ2) is 1.62. The third kappa shape index (κ3) is 0.729. The first kappa shape index (κ1) is 4.15. The smallest absolute Gasteiger partial charge is 0.0426 e. The van der Waals surface area contributed by atoms with Gasteiger partial charge in [-0.2, -0.15) is 0 Å². The van der Waals surface area contributed by atoms with Crippen molar-refractivity contribution in [1.29, 1.82) is 0 Å². The molecule has 0 atom stereocenters. The average molecular weight is 115 g/mol. The van der Waals surface area contributed by atoms with Crippen molar-refractivity contribution in [3.8, 4) is 0 Å². The molecule has 2 heteroatoms. The minimum atomic E-state index is 0.814. The Balaban J connectivity index is 2.88. The molecule has 1 aliphatic heterocycles. The Morgan fingerprint density at radius 3 is 2.67 bits per heavy atom. The van der Waals surface area contributed by atoms with Crippen molar-refractivity contribution in [2.75, 3.05) is 0 Å². The van der Waals surface area contributed by atoms with Crippen molar-refractivity contribution in [2.24, 2.45) is 0 Å². The molecule has 1 rings (SSSR count). The molecule has 0 bridgehead atoms. The Morgan fingerprint density at radius 2 is 2.50 bits per heavy atom. The molecular weight excluding hydrogens is 112 g/mol.